The van der Waals surface area contributed by atoms with Gasteiger partial charge in [0.25, 0.3) is 0 Å². The molecule has 24 heavy (non-hydrogen) atoms. The van der Waals surface area contributed by atoms with Crippen LogP contribution in [0.5, 0.6) is 0 Å². The Kier molecular flexibility index (Phi) is 4.77. The van der Waals surface area contributed by atoms with Crippen molar-refractivity contribution in [1.82, 2.24) is 9.88 Å². The Morgan fingerprint density at radius 2 is 2.12 bits per heavy atom. The molecule has 0 spiro atoms. The molecule has 2 heterocycles. The maximum Gasteiger partial charge on any atom is 0.407 e. The number of carbonyl (C=O) groups excluding carboxylic acids is 1. The van der Waals surface area contributed by atoms with E-state index in [-0.39, 0.29) is 5.91 Å². The van der Waals surface area contributed by atoms with E-state index < -0.39 is 12.1 Å². The molecule has 1 aliphatic heterocycles. The second-order valence-electron chi connectivity index (χ2n) is 5.56. The van der Waals surface area contributed by atoms with E-state index in [1.165, 1.54) is 16.2 Å². The topological polar surface area (TPSA) is 109 Å². The molecule has 1 atom stereocenters. The Hall–Kier alpha value is -2.45. The molecular weight excluding hydrogens is 328 g/mol. The van der Waals surface area contributed by atoms with Gasteiger partial charge in [-0.15, -0.1) is 11.3 Å². The number of hydrogen-bond donors (Lipinski definition) is 3. The average molecular weight is 346 g/mol. The van der Waals surface area contributed by atoms with E-state index in [0.717, 1.165) is 16.8 Å². The van der Waals surface area contributed by atoms with Crippen LogP contribution in [0, 0.1) is 0 Å². The van der Waals surface area contributed by atoms with Gasteiger partial charge in [0.15, 0.2) is 5.13 Å². The first-order valence-corrected chi connectivity index (χ1v) is 8.52. The van der Waals surface area contributed by atoms with Gasteiger partial charge in [-0.3, -0.25) is 9.69 Å². The van der Waals surface area contributed by atoms with Crippen molar-refractivity contribution in [2.24, 2.45) is 5.73 Å². The summed E-state index contributed by atoms with van der Waals surface area (Å²) in [6, 6.07) is 7.11. The zero-order chi connectivity index (χ0) is 17.1. The van der Waals surface area contributed by atoms with Crippen LogP contribution in [0.15, 0.2) is 29.6 Å². The zero-order valence-corrected chi connectivity index (χ0v) is 13.8. The third kappa shape index (κ3) is 3.39. The number of hydrogen-bond acceptors (Lipinski definition) is 5. The number of nitrogens with two attached hydrogens (primary N) is 1. The molecule has 0 radical (unpaired) electrons. The molecule has 1 aliphatic rings. The van der Waals surface area contributed by atoms with E-state index in [4.69, 9.17) is 10.8 Å². The van der Waals surface area contributed by atoms with E-state index in [1.54, 1.807) is 0 Å². The lowest BCUT2D eigenvalue weighted by molar-refractivity contribution is -0.119. The van der Waals surface area contributed by atoms with Crippen molar-refractivity contribution in [3.63, 3.8) is 0 Å². The molecule has 1 aromatic heterocycles. The Morgan fingerprint density at radius 1 is 1.38 bits per heavy atom. The van der Waals surface area contributed by atoms with Crippen LogP contribution in [0.25, 0.3) is 11.3 Å². The summed E-state index contributed by atoms with van der Waals surface area (Å²) in [5, 5.41) is 14.2. The monoisotopic (exact) mass is 346 g/mol. The molecular formula is C16H18N4O3S. The van der Waals surface area contributed by atoms with Gasteiger partial charge in [-0.25, -0.2) is 9.78 Å². The van der Waals surface area contributed by atoms with Crippen LogP contribution in [0.2, 0.25) is 0 Å². The van der Waals surface area contributed by atoms with Crippen LogP contribution in [-0.4, -0.2) is 39.6 Å². The molecule has 2 aromatic rings. The van der Waals surface area contributed by atoms with Gasteiger partial charge in [-0.05, 0) is 18.4 Å². The predicted molar refractivity (Wildman–Crippen MR) is 91.8 cm³/mol. The third-order valence-electron chi connectivity index (χ3n) is 4.02. The van der Waals surface area contributed by atoms with Crippen LogP contribution in [0.4, 0.5) is 9.93 Å². The highest BCUT2D eigenvalue weighted by atomic mass is 32.1. The molecule has 4 N–H and O–H groups in total. The number of rotatable bonds is 4. The fraction of sp³-hybridized carbons (Fsp3) is 0.312. The zero-order valence-electron chi connectivity index (χ0n) is 12.9. The first-order valence-electron chi connectivity index (χ1n) is 7.64. The number of carboxylic acid groups (broad SMARTS) is 1. The first kappa shape index (κ1) is 16.4. The molecule has 2 amide bonds. The standard InChI is InChI=1S/C16H18N4O3S/c17-8-10-3-5-11(6-4-10)12-9-24-15(18-12)19-14(21)13-2-1-7-20(13)16(22)23/h3-6,9,13H,1-2,7-8,17H2,(H,22,23)(H,18,19,21). The quantitative estimate of drug-likeness (QED) is 0.787. The molecule has 1 fully saturated rings. The fourth-order valence-electron chi connectivity index (χ4n) is 2.73. The van der Waals surface area contributed by atoms with Gasteiger partial charge in [0.05, 0.1) is 5.69 Å². The normalized spacial score (nSPS) is 17.0. The Balaban J connectivity index is 1.69. The van der Waals surface area contributed by atoms with Crippen LogP contribution in [-0.2, 0) is 11.3 Å². The number of amides is 2. The Morgan fingerprint density at radius 3 is 2.79 bits per heavy atom. The largest absolute Gasteiger partial charge is 0.465 e. The van der Waals surface area contributed by atoms with Gasteiger partial charge in [-0.2, -0.15) is 0 Å². The lowest BCUT2D eigenvalue weighted by atomic mass is 10.1. The predicted octanol–water partition coefficient (Wildman–Crippen LogP) is 2.35. The van der Waals surface area contributed by atoms with Gasteiger partial charge >= 0.3 is 6.09 Å². The van der Waals surface area contributed by atoms with Gasteiger partial charge in [0.1, 0.15) is 6.04 Å². The van der Waals surface area contributed by atoms with Crippen molar-refractivity contribution in [3.05, 3.63) is 35.2 Å². The molecule has 1 saturated heterocycles. The van der Waals surface area contributed by atoms with Crippen molar-refractivity contribution in [1.29, 1.82) is 0 Å². The maximum atomic E-state index is 12.3. The number of likely N-dealkylation sites (tertiary alicyclic amines) is 1. The number of anilines is 1. The lowest BCUT2D eigenvalue weighted by Gasteiger charge is -2.19. The minimum Gasteiger partial charge on any atom is -0.465 e. The van der Waals surface area contributed by atoms with E-state index in [0.29, 0.717) is 31.1 Å². The van der Waals surface area contributed by atoms with Gasteiger partial charge < -0.3 is 16.2 Å². The summed E-state index contributed by atoms with van der Waals surface area (Å²) < 4.78 is 0. The smallest absolute Gasteiger partial charge is 0.407 e. The van der Waals surface area contributed by atoms with E-state index in [2.05, 4.69) is 10.3 Å². The van der Waals surface area contributed by atoms with E-state index in [1.807, 2.05) is 29.6 Å². The van der Waals surface area contributed by atoms with Crippen molar-refractivity contribution in [3.8, 4) is 11.3 Å². The number of nitrogens with one attached hydrogen (secondary N) is 1. The highest BCUT2D eigenvalue weighted by Gasteiger charge is 2.34. The number of nitrogens with zero attached hydrogens (tertiary/aromatic N) is 2. The van der Waals surface area contributed by atoms with Gasteiger partial charge in [0, 0.05) is 24.0 Å². The van der Waals surface area contributed by atoms with Crippen molar-refractivity contribution in [2.75, 3.05) is 11.9 Å². The number of aromatic nitrogens is 1. The van der Waals surface area contributed by atoms with Gasteiger partial charge in [-0.1, -0.05) is 24.3 Å². The Bertz CT molecular complexity index is 744. The molecule has 1 unspecified atom stereocenters. The summed E-state index contributed by atoms with van der Waals surface area (Å²) >= 11 is 1.32. The van der Waals surface area contributed by atoms with Crippen molar-refractivity contribution in [2.45, 2.75) is 25.4 Å². The highest BCUT2D eigenvalue weighted by Crippen LogP contribution is 2.26. The lowest BCUT2D eigenvalue weighted by Crippen LogP contribution is -2.42. The van der Waals surface area contributed by atoms with Crippen LogP contribution < -0.4 is 11.1 Å². The summed E-state index contributed by atoms with van der Waals surface area (Å²) in [5.41, 5.74) is 8.33. The summed E-state index contributed by atoms with van der Waals surface area (Å²) in [7, 11) is 0. The molecule has 8 heteroatoms. The minimum absolute atomic E-state index is 0.325. The number of carbonyl (C=O) groups is 2. The van der Waals surface area contributed by atoms with Crippen molar-refractivity contribution >= 4 is 28.5 Å². The molecule has 7 nitrogen and oxygen atoms in total. The molecule has 1 aromatic carbocycles. The SMILES string of the molecule is NCc1ccc(-c2csc(NC(=O)C3CCCN3C(=O)O)n2)cc1. The van der Waals surface area contributed by atoms with Gasteiger partial charge in [0.2, 0.25) is 5.91 Å². The summed E-state index contributed by atoms with van der Waals surface area (Å²) in [5.74, 6) is -0.325. The summed E-state index contributed by atoms with van der Waals surface area (Å²) in [6.45, 7) is 0.879. The molecule has 3 rings (SSSR count). The number of thiazole rings is 1. The van der Waals surface area contributed by atoms with E-state index >= 15 is 0 Å². The highest BCUT2D eigenvalue weighted by molar-refractivity contribution is 7.14. The number of benzene rings is 1. The molecule has 126 valence electrons. The minimum atomic E-state index is -1.06. The fourth-order valence-corrected chi connectivity index (χ4v) is 3.45. The van der Waals surface area contributed by atoms with Crippen LogP contribution in [0.3, 0.4) is 0 Å². The maximum absolute atomic E-state index is 12.3. The molecule has 0 saturated carbocycles. The summed E-state index contributed by atoms with van der Waals surface area (Å²) in [4.78, 5) is 29.0. The van der Waals surface area contributed by atoms with Crippen LogP contribution >= 0.6 is 11.3 Å². The van der Waals surface area contributed by atoms with Crippen LogP contribution in [0.1, 0.15) is 18.4 Å². The molecule has 0 aliphatic carbocycles. The first-order chi connectivity index (χ1) is 11.6. The summed E-state index contributed by atoms with van der Waals surface area (Å²) in [6.07, 6.45) is 0.172. The average Bonchev–Trinajstić information content (AvgIpc) is 3.24. The molecule has 0 bridgehead atoms. The second kappa shape index (κ2) is 6.98. The third-order valence-corrected chi connectivity index (χ3v) is 4.78. The van der Waals surface area contributed by atoms with E-state index in [9.17, 15) is 9.59 Å². The Labute approximate surface area is 143 Å². The van der Waals surface area contributed by atoms with Crippen molar-refractivity contribution < 1.29 is 14.7 Å². The second-order valence-corrected chi connectivity index (χ2v) is 6.42.